The van der Waals surface area contributed by atoms with Crippen LogP contribution >= 0.6 is 15.9 Å². The molecule has 104 valence electrons. The monoisotopic (exact) mass is 331 g/mol. The number of benzene rings is 2. The molecule has 0 amide bonds. The number of hydrogen-bond donors (Lipinski definition) is 1. The highest BCUT2D eigenvalue weighted by atomic mass is 79.9. The Morgan fingerprint density at radius 1 is 1.15 bits per heavy atom. The van der Waals surface area contributed by atoms with E-state index in [0.717, 1.165) is 22.5 Å². The van der Waals surface area contributed by atoms with Gasteiger partial charge >= 0.3 is 0 Å². The fraction of sp³-hybridized carbons (Fsp3) is 0.294. The van der Waals surface area contributed by atoms with Crippen LogP contribution in [0.2, 0.25) is 0 Å². The van der Waals surface area contributed by atoms with Crippen LogP contribution in [0.5, 0.6) is 5.75 Å². The Bertz CT molecular complexity index is 664. The maximum Gasteiger partial charge on any atom is 0.143 e. The number of fused-ring (bicyclic) bond motifs is 1. The van der Waals surface area contributed by atoms with E-state index in [9.17, 15) is 0 Å². The molecule has 1 heterocycles. The summed E-state index contributed by atoms with van der Waals surface area (Å²) < 4.78 is 7.10. The van der Waals surface area contributed by atoms with Gasteiger partial charge in [-0.1, -0.05) is 28.1 Å². The summed E-state index contributed by atoms with van der Waals surface area (Å²) in [5.74, 6) is 0.930. The van der Waals surface area contributed by atoms with Gasteiger partial charge in [-0.15, -0.1) is 0 Å². The highest BCUT2D eigenvalue weighted by Crippen LogP contribution is 2.37. The third-order valence-electron chi connectivity index (χ3n) is 3.57. The lowest BCUT2D eigenvalue weighted by Gasteiger charge is -2.33. The number of nitrogens with one attached hydrogen (secondary N) is 1. The van der Waals surface area contributed by atoms with Crippen molar-refractivity contribution in [1.82, 2.24) is 0 Å². The number of aryl methyl sites for hydroxylation is 1. The minimum Gasteiger partial charge on any atom is -0.484 e. The van der Waals surface area contributed by atoms with E-state index in [2.05, 4.69) is 78.4 Å². The van der Waals surface area contributed by atoms with Crippen molar-refractivity contribution in [2.75, 3.05) is 11.9 Å². The molecule has 2 nitrogen and oxygen atoms in total. The van der Waals surface area contributed by atoms with Crippen molar-refractivity contribution < 1.29 is 4.74 Å². The summed E-state index contributed by atoms with van der Waals surface area (Å²) >= 11 is 3.51. The molecule has 0 saturated carbocycles. The molecule has 3 heteroatoms. The molecule has 2 aromatic rings. The highest BCUT2D eigenvalue weighted by molar-refractivity contribution is 9.10. The Morgan fingerprint density at radius 2 is 1.95 bits per heavy atom. The van der Waals surface area contributed by atoms with Gasteiger partial charge in [0.25, 0.3) is 0 Å². The summed E-state index contributed by atoms with van der Waals surface area (Å²) in [6.45, 7) is 7.14. The van der Waals surface area contributed by atoms with Gasteiger partial charge in [0.2, 0.25) is 0 Å². The first kappa shape index (κ1) is 13.5. The average Bonchev–Trinajstić information content (AvgIpc) is 2.37. The largest absolute Gasteiger partial charge is 0.484 e. The number of halogens is 1. The lowest BCUT2D eigenvalue weighted by molar-refractivity contribution is 0.116. The molecule has 0 fully saturated rings. The third kappa shape index (κ3) is 2.55. The first-order valence-corrected chi connectivity index (χ1v) is 7.57. The lowest BCUT2D eigenvalue weighted by atomic mass is 9.99. The molecule has 0 atom stereocenters. The molecule has 0 saturated heterocycles. The standard InChI is InChI=1S/C17H18BrNO/c1-11-8-13(18)5-6-14(11)12-4-7-16-15(9-12)19-10-17(2,3)20-16/h4-9,19H,10H2,1-3H3. The molecule has 0 aromatic heterocycles. The minimum absolute atomic E-state index is 0.151. The molecule has 0 bridgehead atoms. The Labute approximate surface area is 128 Å². The van der Waals surface area contributed by atoms with E-state index in [1.54, 1.807) is 0 Å². The zero-order valence-corrected chi connectivity index (χ0v) is 13.5. The number of ether oxygens (including phenoxy) is 1. The van der Waals surface area contributed by atoms with Crippen molar-refractivity contribution in [3.8, 4) is 16.9 Å². The number of rotatable bonds is 1. The maximum atomic E-state index is 5.99. The van der Waals surface area contributed by atoms with Gasteiger partial charge in [0.15, 0.2) is 0 Å². The second-order valence-electron chi connectivity index (χ2n) is 5.89. The van der Waals surface area contributed by atoms with Crippen molar-refractivity contribution in [1.29, 1.82) is 0 Å². The Hall–Kier alpha value is -1.48. The maximum absolute atomic E-state index is 5.99. The molecule has 0 aliphatic carbocycles. The molecule has 0 unspecified atom stereocenters. The van der Waals surface area contributed by atoms with E-state index < -0.39 is 0 Å². The predicted molar refractivity (Wildman–Crippen MR) is 87.5 cm³/mol. The summed E-state index contributed by atoms with van der Waals surface area (Å²) in [4.78, 5) is 0. The van der Waals surface area contributed by atoms with Crippen LogP contribution in [0.25, 0.3) is 11.1 Å². The predicted octanol–water partition coefficient (Wildman–Crippen LogP) is 5.01. The fourth-order valence-electron chi connectivity index (χ4n) is 2.52. The first-order valence-electron chi connectivity index (χ1n) is 6.78. The summed E-state index contributed by atoms with van der Waals surface area (Å²) in [5.41, 5.74) is 4.65. The topological polar surface area (TPSA) is 21.3 Å². The van der Waals surface area contributed by atoms with Crippen LogP contribution in [0.1, 0.15) is 19.4 Å². The molecule has 0 spiro atoms. The van der Waals surface area contributed by atoms with Crippen molar-refractivity contribution in [3.05, 3.63) is 46.4 Å². The van der Waals surface area contributed by atoms with E-state index in [1.165, 1.54) is 16.7 Å². The number of hydrogen-bond acceptors (Lipinski definition) is 2. The normalized spacial score (nSPS) is 16.0. The van der Waals surface area contributed by atoms with Crippen LogP contribution < -0.4 is 10.1 Å². The third-order valence-corrected chi connectivity index (χ3v) is 4.06. The van der Waals surface area contributed by atoms with Crippen LogP contribution in [0.3, 0.4) is 0 Å². The molecule has 1 N–H and O–H groups in total. The molecular weight excluding hydrogens is 314 g/mol. The van der Waals surface area contributed by atoms with E-state index in [-0.39, 0.29) is 5.60 Å². The molecule has 1 aliphatic heterocycles. The van der Waals surface area contributed by atoms with Crippen molar-refractivity contribution >= 4 is 21.6 Å². The van der Waals surface area contributed by atoms with Gasteiger partial charge in [-0.05, 0) is 61.7 Å². The van der Waals surface area contributed by atoms with Gasteiger partial charge in [-0.25, -0.2) is 0 Å². The molecule has 2 aromatic carbocycles. The van der Waals surface area contributed by atoms with Crippen LogP contribution in [-0.2, 0) is 0 Å². The summed E-state index contributed by atoms with van der Waals surface area (Å²) in [6.07, 6.45) is 0. The summed E-state index contributed by atoms with van der Waals surface area (Å²) in [5, 5.41) is 3.46. The molecule has 20 heavy (non-hydrogen) atoms. The van der Waals surface area contributed by atoms with E-state index in [0.29, 0.717) is 0 Å². The van der Waals surface area contributed by atoms with Gasteiger partial charge in [0.05, 0.1) is 12.2 Å². The zero-order chi connectivity index (χ0) is 14.3. The van der Waals surface area contributed by atoms with Crippen LogP contribution in [0.4, 0.5) is 5.69 Å². The first-order chi connectivity index (χ1) is 9.44. The van der Waals surface area contributed by atoms with Crippen LogP contribution in [0.15, 0.2) is 40.9 Å². The molecule has 3 rings (SSSR count). The molecular formula is C17H18BrNO. The SMILES string of the molecule is Cc1cc(Br)ccc1-c1ccc2c(c1)NCC(C)(C)O2. The van der Waals surface area contributed by atoms with Gasteiger partial charge in [-0.2, -0.15) is 0 Å². The quantitative estimate of drug-likeness (QED) is 0.793. The summed E-state index contributed by atoms with van der Waals surface area (Å²) in [6, 6.07) is 12.7. The van der Waals surface area contributed by atoms with Crippen molar-refractivity contribution in [2.24, 2.45) is 0 Å². The van der Waals surface area contributed by atoms with E-state index >= 15 is 0 Å². The summed E-state index contributed by atoms with van der Waals surface area (Å²) in [7, 11) is 0. The fourth-order valence-corrected chi connectivity index (χ4v) is 2.99. The molecule has 0 radical (unpaired) electrons. The van der Waals surface area contributed by atoms with Crippen LogP contribution in [-0.4, -0.2) is 12.1 Å². The van der Waals surface area contributed by atoms with E-state index in [1.807, 2.05) is 0 Å². The molecule has 1 aliphatic rings. The zero-order valence-electron chi connectivity index (χ0n) is 12.0. The van der Waals surface area contributed by atoms with Gasteiger partial charge in [0.1, 0.15) is 11.4 Å². The lowest BCUT2D eigenvalue weighted by Crippen LogP contribution is -2.39. The second kappa shape index (κ2) is 4.81. The van der Waals surface area contributed by atoms with Crippen LogP contribution in [0, 0.1) is 6.92 Å². The van der Waals surface area contributed by atoms with E-state index in [4.69, 9.17) is 4.74 Å². The van der Waals surface area contributed by atoms with Gasteiger partial charge < -0.3 is 10.1 Å². The average molecular weight is 332 g/mol. The van der Waals surface area contributed by atoms with Gasteiger partial charge in [0, 0.05) is 4.47 Å². The Kier molecular flexibility index (Phi) is 3.25. The Morgan fingerprint density at radius 3 is 2.70 bits per heavy atom. The number of anilines is 1. The second-order valence-corrected chi connectivity index (χ2v) is 6.80. The minimum atomic E-state index is -0.151. The highest BCUT2D eigenvalue weighted by Gasteiger charge is 2.26. The van der Waals surface area contributed by atoms with Crippen molar-refractivity contribution in [3.63, 3.8) is 0 Å². The Balaban J connectivity index is 2.01. The smallest absolute Gasteiger partial charge is 0.143 e. The van der Waals surface area contributed by atoms with Gasteiger partial charge in [-0.3, -0.25) is 0 Å². The van der Waals surface area contributed by atoms with Crippen molar-refractivity contribution in [2.45, 2.75) is 26.4 Å².